The Kier molecular flexibility index (Phi) is 5.63. The first-order valence-electron chi connectivity index (χ1n) is 4.95. The van der Waals surface area contributed by atoms with Gasteiger partial charge in [-0.1, -0.05) is 20.8 Å². The van der Waals surface area contributed by atoms with Crippen molar-refractivity contribution in [1.29, 1.82) is 0 Å². The van der Waals surface area contributed by atoms with Crippen molar-refractivity contribution < 1.29 is 8.42 Å². The fourth-order valence-electron chi connectivity index (χ4n) is 0.739. The lowest BCUT2D eigenvalue weighted by Crippen LogP contribution is -2.37. The van der Waals surface area contributed by atoms with Crippen molar-refractivity contribution >= 4 is 10.0 Å². The van der Waals surface area contributed by atoms with Crippen LogP contribution in [0.1, 0.15) is 27.2 Å². The zero-order valence-electron chi connectivity index (χ0n) is 9.55. The molecular weight excluding hydrogens is 200 g/mol. The van der Waals surface area contributed by atoms with E-state index in [9.17, 15) is 8.42 Å². The lowest BCUT2D eigenvalue weighted by molar-refractivity contribution is 0.350. The maximum Gasteiger partial charge on any atom is 0.212 e. The Morgan fingerprint density at radius 3 is 2.29 bits per heavy atom. The topological polar surface area (TPSA) is 58.2 Å². The zero-order valence-corrected chi connectivity index (χ0v) is 10.4. The van der Waals surface area contributed by atoms with E-state index in [0.717, 1.165) is 6.42 Å². The molecule has 0 atom stereocenters. The van der Waals surface area contributed by atoms with Crippen LogP contribution in [0.2, 0.25) is 0 Å². The lowest BCUT2D eigenvalue weighted by Gasteiger charge is -2.22. The SMILES string of the molecule is CCC(C)(C)CNS(=O)(=O)CCNC. The molecule has 0 amide bonds. The quantitative estimate of drug-likeness (QED) is 0.662. The zero-order chi connectivity index (χ0) is 11.2. The van der Waals surface area contributed by atoms with Crippen molar-refractivity contribution in [3.63, 3.8) is 0 Å². The minimum absolute atomic E-state index is 0.0344. The molecular formula is C9H22N2O2S. The van der Waals surface area contributed by atoms with Crippen LogP contribution >= 0.6 is 0 Å². The maximum absolute atomic E-state index is 11.4. The molecule has 0 saturated carbocycles. The van der Waals surface area contributed by atoms with Crippen LogP contribution in [-0.4, -0.2) is 34.3 Å². The Bertz CT molecular complexity index is 248. The van der Waals surface area contributed by atoms with E-state index >= 15 is 0 Å². The highest BCUT2D eigenvalue weighted by atomic mass is 32.2. The number of nitrogens with one attached hydrogen (secondary N) is 2. The Hall–Kier alpha value is -0.130. The maximum atomic E-state index is 11.4. The highest BCUT2D eigenvalue weighted by Gasteiger charge is 2.18. The highest BCUT2D eigenvalue weighted by molar-refractivity contribution is 7.89. The molecule has 0 aromatic heterocycles. The van der Waals surface area contributed by atoms with Gasteiger partial charge in [0.15, 0.2) is 0 Å². The molecule has 0 fully saturated rings. The van der Waals surface area contributed by atoms with Crippen molar-refractivity contribution in [2.24, 2.45) is 5.41 Å². The molecule has 0 aromatic carbocycles. The average molecular weight is 222 g/mol. The van der Waals surface area contributed by atoms with Gasteiger partial charge in [0.1, 0.15) is 0 Å². The summed E-state index contributed by atoms with van der Waals surface area (Å²) in [4.78, 5) is 0. The molecule has 0 aliphatic carbocycles. The Morgan fingerprint density at radius 1 is 1.29 bits per heavy atom. The minimum Gasteiger partial charge on any atom is -0.319 e. The van der Waals surface area contributed by atoms with Gasteiger partial charge in [-0.05, 0) is 18.9 Å². The molecule has 86 valence electrons. The Balaban J connectivity index is 4.00. The second-order valence-electron chi connectivity index (χ2n) is 4.26. The summed E-state index contributed by atoms with van der Waals surface area (Å²) in [5.74, 6) is 0.142. The molecule has 0 aliphatic rings. The lowest BCUT2D eigenvalue weighted by atomic mass is 9.91. The molecule has 4 nitrogen and oxygen atoms in total. The van der Waals surface area contributed by atoms with E-state index in [4.69, 9.17) is 0 Å². The van der Waals surface area contributed by atoms with E-state index in [-0.39, 0.29) is 11.2 Å². The number of rotatable bonds is 7. The van der Waals surface area contributed by atoms with Crippen LogP contribution in [0.15, 0.2) is 0 Å². The van der Waals surface area contributed by atoms with Crippen molar-refractivity contribution in [2.45, 2.75) is 27.2 Å². The first kappa shape index (κ1) is 13.9. The summed E-state index contributed by atoms with van der Waals surface area (Å²) < 4.78 is 25.4. The molecule has 0 bridgehead atoms. The van der Waals surface area contributed by atoms with Crippen LogP contribution in [0.25, 0.3) is 0 Å². The predicted octanol–water partition coefficient (Wildman–Crippen LogP) is 0.561. The first-order chi connectivity index (χ1) is 6.33. The summed E-state index contributed by atoms with van der Waals surface area (Å²) in [6, 6.07) is 0. The van der Waals surface area contributed by atoms with Crippen LogP contribution in [-0.2, 0) is 10.0 Å². The van der Waals surface area contributed by atoms with Crippen LogP contribution < -0.4 is 10.0 Å². The van der Waals surface area contributed by atoms with E-state index in [1.54, 1.807) is 7.05 Å². The van der Waals surface area contributed by atoms with Crippen molar-refractivity contribution in [3.8, 4) is 0 Å². The molecule has 0 radical (unpaired) electrons. The Morgan fingerprint density at radius 2 is 1.86 bits per heavy atom. The third-order valence-electron chi connectivity index (χ3n) is 2.35. The van der Waals surface area contributed by atoms with Crippen LogP contribution in [0.3, 0.4) is 0 Å². The van der Waals surface area contributed by atoms with Crippen molar-refractivity contribution in [3.05, 3.63) is 0 Å². The molecule has 0 aliphatic heterocycles. The highest BCUT2D eigenvalue weighted by Crippen LogP contribution is 2.17. The van der Waals surface area contributed by atoms with Gasteiger partial charge in [0.2, 0.25) is 10.0 Å². The van der Waals surface area contributed by atoms with Crippen molar-refractivity contribution in [2.75, 3.05) is 25.9 Å². The van der Waals surface area contributed by atoms with E-state index in [0.29, 0.717) is 13.1 Å². The van der Waals surface area contributed by atoms with Gasteiger partial charge >= 0.3 is 0 Å². The van der Waals surface area contributed by atoms with E-state index in [1.165, 1.54) is 0 Å². The fraction of sp³-hybridized carbons (Fsp3) is 1.00. The summed E-state index contributed by atoms with van der Waals surface area (Å²) in [5.41, 5.74) is 0.0344. The molecule has 0 unspecified atom stereocenters. The summed E-state index contributed by atoms with van der Waals surface area (Å²) in [5, 5.41) is 2.82. The number of hydrogen-bond acceptors (Lipinski definition) is 3. The van der Waals surface area contributed by atoms with Gasteiger partial charge in [0.25, 0.3) is 0 Å². The second kappa shape index (κ2) is 5.68. The first-order valence-corrected chi connectivity index (χ1v) is 6.60. The number of sulfonamides is 1. The smallest absolute Gasteiger partial charge is 0.212 e. The van der Waals surface area contributed by atoms with Crippen molar-refractivity contribution in [1.82, 2.24) is 10.0 Å². The van der Waals surface area contributed by atoms with Gasteiger partial charge in [0, 0.05) is 13.1 Å². The van der Waals surface area contributed by atoms with Gasteiger partial charge in [-0.2, -0.15) is 0 Å². The summed E-state index contributed by atoms with van der Waals surface area (Å²) in [6.45, 7) is 7.15. The summed E-state index contributed by atoms with van der Waals surface area (Å²) in [6.07, 6.45) is 0.960. The van der Waals surface area contributed by atoms with Crippen LogP contribution in [0, 0.1) is 5.41 Å². The number of hydrogen-bond donors (Lipinski definition) is 2. The van der Waals surface area contributed by atoms with Crippen LogP contribution in [0.5, 0.6) is 0 Å². The van der Waals surface area contributed by atoms with Gasteiger partial charge in [-0.15, -0.1) is 0 Å². The van der Waals surface area contributed by atoms with Gasteiger partial charge in [0.05, 0.1) is 5.75 Å². The van der Waals surface area contributed by atoms with E-state index < -0.39 is 10.0 Å². The monoisotopic (exact) mass is 222 g/mol. The van der Waals surface area contributed by atoms with E-state index in [1.807, 2.05) is 13.8 Å². The largest absolute Gasteiger partial charge is 0.319 e. The van der Waals surface area contributed by atoms with E-state index in [2.05, 4.69) is 17.0 Å². The predicted molar refractivity (Wildman–Crippen MR) is 59.8 cm³/mol. The van der Waals surface area contributed by atoms with Gasteiger partial charge in [-0.25, -0.2) is 13.1 Å². The average Bonchev–Trinajstić information content (AvgIpc) is 2.12. The van der Waals surface area contributed by atoms with Gasteiger partial charge < -0.3 is 5.32 Å². The molecule has 5 heteroatoms. The minimum atomic E-state index is -3.10. The molecule has 0 spiro atoms. The van der Waals surface area contributed by atoms with Gasteiger partial charge in [-0.3, -0.25) is 0 Å². The third-order valence-corrected chi connectivity index (χ3v) is 3.67. The Labute approximate surface area is 87.5 Å². The molecule has 0 saturated heterocycles. The standard InChI is InChI=1S/C9H22N2O2S/c1-5-9(2,3)8-11-14(12,13)7-6-10-4/h10-11H,5-8H2,1-4H3. The molecule has 0 rings (SSSR count). The molecule has 0 heterocycles. The normalized spacial score (nSPS) is 13.1. The molecule has 14 heavy (non-hydrogen) atoms. The second-order valence-corrected chi connectivity index (χ2v) is 6.19. The van der Waals surface area contributed by atoms with Crippen LogP contribution in [0.4, 0.5) is 0 Å². The molecule has 0 aromatic rings. The fourth-order valence-corrected chi connectivity index (χ4v) is 1.97. The third kappa shape index (κ3) is 6.34. The summed E-state index contributed by atoms with van der Waals surface area (Å²) >= 11 is 0. The summed E-state index contributed by atoms with van der Waals surface area (Å²) in [7, 11) is -1.36. The molecule has 2 N–H and O–H groups in total.